The molecule has 1 aliphatic rings. The maximum absolute atomic E-state index is 13.0. The summed E-state index contributed by atoms with van der Waals surface area (Å²) in [6.07, 6.45) is -3.99. The van der Waals surface area contributed by atoms with Crippen LogP contribution < -0.4 is 5.73 Å². The first kappa shape index (κ1) is 15.8. The number of anilines is 1. The van der Waals surface area contributed by atoms with Gasteiger partial charge in [-0.15, -0.1) is 0 Å². The van der Waals surface area contributed by atoms with Gasteiger partial charge in [-0.2, -0.15) is 18.3 Å². The molecule has 3 aromatic rings. The molecule has 130 valence electrons. The molecule has 25 heavy (non-hydrogen) atoms. The van der Waals surface area contributed by atoms with E-state index in [0.29, 0.717) is 36.8 Å². The van der Waals surface area contributed by atoms with Crippen LogP contribution in [0.1, 0.15) is 22.8 Å². The highest BCUT2D eigenvalue weighted by atomic mass is 19.4. The molecule has 3 N–H and O–H groups in total. The molecule has 0 saturated carbocycles. The van der Waals surface area contributed by atoms with Crippen LogP contribution >= 0.6 is 0 Å². The number of hydrogen-bond donors (Lipinski definition) is 2. The molecule has 0 atom stereocenters. The van der Waals surface area contributed by atoms with E-state index in [1.54, 1.807) is 0 Å². The smallest absolute Gasteiger partial charge is 0.383 e. The summed E-state index contributed by atoms with van der Waals surface area (Å²) in [5.41, 5.74) is 6.60. The second-order valence-electron chi connectivity index (χ2n) is 6.03. The van der Waals surface area contributed by atoms with Crippen molar-refractivity contribution in [3.63, 3.8) is 0 Å². The van der Waals surface area contributed by atoms with Gasteiger partial charge in [0.2, 0.25) is 0 Å². The highest BCUT2D eigenvalue weighted by Crippen LogP contribution is 2.34. The Balaban J connectivity index is 1.60. The lowest BCUT2D eigenvalue weighted by Crippen LogP contribution is -2.31. The highest BCUT2D eigenvalue weighted by molar-refractivity contribution is 5.87. The Labute approximate surface area is 140 Å². The summed E-state index contributed by atoms with van der Waals surface area (Å²) in [6.45, 7) is 1.08. The van der Waals surface area contributed by atoms with Crippen LogP contribution in [0.5, 0.6) is 0 Å². The van der Waals surface area contributed by atoms with Gasteiger partial charge in [0.15, 0.2) is 5.69 Å². The Kier molecular flexibility index (Phi) is 3.60. The summed E-state index contributed by atoms with van der Waals surface area (Å²) in [4.78, 5) is 10.6. The molecular formula is C16H15F3N6. The van der Waals surface area contributed by atoms with Crippen LogP contribution in [0.4, 0.5) is 19.0 Å². The first-order valence-electron chi connectivity index (χ1n) is 7.78. The number of aromatic amines is 1. The van der Waals surface area contributed by atoms with E-state index in [1.807, 2.05) is 29.2 Å². The van der Waals surface area contributed by atoms with Gasteiger partial charge in [0.1, 0.15) is 11.6 Å². The monoisotopic (exact) mass is 348 g/mol. The van der Waals surface area contributed by atoms with Crippen molar-refractivity contribution in [2.45, 2.75) is 25.7 Å². The van der Waals surface area contributed by atoms with Crippen LogP contribution in [0.25, 0.3) is 10.9 Å². The molecule has 2 aromatic heterocycles. The first-order chi connectivity index (χ1) is 11.9. The number of rotatable bonds is 2. The second kappa shape index (κ2) is 5.69. The predicted octanol–water partition coefficient (Wildman–Crippen LogP) is 2.51. The maximum Gasteiger partial charge on any atom is 0.435 e. The van der Waals surface area contributed by atoms with Crippen molar-refractivity contribution in [1.29, 1.82) is 0 Å². The fraction of sp³-hybridized carbons (Fsp3) is 0.312. The standard InChI is InChI=1S/C16H15F3N6/c17-16(18,19)14-10-7-25(6-5-12(10)23-24-14)8-13-21-11-4-2-1-3-9(11)15(20)22-13/h1-4H,5-8H2,(H,23,24)(H2,20,21,22). The van der Waals surface area contributed by atoms with E-state index in [1.165, 1.54) is 0 Å². The van der Waals surface area contributed by atoms with Crippen molar-refractivity contribution in [2.75, 3.05) is 12.3 Å². The third-order valence-electron chi connectivity index (χ3n) is 4.33. The first-order valence-corrected chi connectivity index (χ1v) is 7.78. The van der Waals surface area contributed by atoms with Crippen LogP contribution in [0, 0.1) is 0 Å². The highest BCUT2D eigenvalue weighted by Gasteiger charge is 2.39. The van der Waals surface area contributed by atoms with E-state index >= 15 is 0 Å². The number of aromatic nitrogens is 4. The number of para-hydroxylation sites is 1. The summed E-state index contributed by atoms with van der Waals surface area (Å²) < 4.78 is 39.1. The van der Waals surface area contributed by atoms with Crippen molar-refractivity contribution in [1.82, 2.24) is 25.1 Å². The number of benzene rings is 1. The molecule has 9 heteroatoms. The third kappa shape index (κ3) is 2.91. The molecule has 0 spiro atoms. The predicted molar refractivity (Wildman–Crippen MR) is 85.4 cm³/mol. The van der Waals surface area contributed by atoms with E-state index < -0.39 is 11.9 Å². The minimum absolute atomic E-state index is 0.150. The van der Waals surface area contributed by atoms with Crippen molar-refractivity contribution >= 4 is 16.7 Å². The molecule has 0 aliphatic carbocycles. The van der Waals surface area contributed by atoms with E-state index in [2.05, 4.69) is 20.2 Å². The topological polar surface area (TPSA) is 83.7 Å². The number of halogens is 3. The third-order valence-corrected chi connectivity index (χ3v) is 4.33. The molecule has 1 aliphatic heterocycles. The lowest BCUT2D eigenvalue weighted by atomic mass is 10.1. The number of nitrogens with zero attached hydrogens (tertiary/aromatic N) is 4. The van der Waals surface area contributed by atoms with E-state index in [-0.39, 0.29) is 12.1 Å². The van der Waals surface area contributed by atoms with E-state index in [9.17, 15) is 13.2 Å². The number of alkyl halides is 3. The van der Waals surface area contributed by atoms with Gasteiger partial charge in [-0.3, -0.25) is 10.00 Å². The Morgan fingerprint density at radius 2 is 2.00 bits per heavy atom. The van der Waals surface area contributed by atoms with Gasteiger partial charge in [0, 0.05) is 36.2 Å². The van der Waals surface area contributed by atoms with Crippen LogP contribution in [-0.4, -0.2) is 31.6 Å². The normalized spacial score (nSPS) is 15.5. The van der Waals surface area contributed by atoms with Gasteiger partial charge in [0.05, 0.1) is 12.1 Å². The molecule has 0 saturated heterocycles. The van der Waals surface area contributed by atoms with Gasteiger partial charge in [-0.05, 0) is 12.1 Å². The fourth-order valence-corrected chi connectivity index (χ4v) is 3.14. The van der Waals surface area contributed by atoms with E-state index in [4.69, 9.17) is 5.73 Å². The molecule has 1 aromatic carbocycles. The number of nitrogens with two attached hydrogens (primary N) is 1. The fourth-order valence-electron chi connectivity index (χ4n) is 3.14. The molecular weight excluding hydrogens is 333 g/mol. The van der Waals surface area contributed by atoms with Crippen molar-refractivity contribution < 1.29 is 13.2 Å². The summed E-state index contributed by atoms with van der Waals surface area (Å²) in [5.74, 6) is 0.870. The lowest BCUT2D eigenvalue weighted by molar-refractivity contribution is -0.142. The van der Waals surface area contributed by atoms with Gasteiger partial charge in [-0.25, -0.2) is 9.97 Å². The van der Waals surface area contributed by atoms with Crippen LogP contribution in [0.2, 0.25) is 0 Å². The van der Waals surface area contributed by atoms with E-state index in [0.717, 1.165) is 10.9 Å². The van der Waals surface area contributed by atoms with Gasteiger partial charge in [0.25, 0.3) is 0 Å². The quantitative estimate of drug-likeness (QED) is 0.743. The van der Waals surface area contributed by atoms with Gasteiger partial charge in [-0.1, -0.05) is 12.1 Å². The zero-order chi connectivity index (χ0) is 17.6. The lowest BCUT2D eigenvalue weighted by Gasteiger charge is -2.26. The van der Waals surface area contributed by atoms with Crippen molar-refractivity contribution in [3.8, 4) is 0 Å². The number of hydrogen-bond acceptors (Lipinski definition) is 5. The minimum atomic E-state index is -4.46. The summed E-state index contributed by atoms with van der Waals surface area (Å²) in [7, 11) is 0. The summed E-state index contributed by atoms with van der Waals surface area (Å²) in [6, 6.07) is 7.38. The maximum atomic E-state index is 13.0. The van der Waals surface area contributed by atoms with Crippen LogP contribution in [0.15, 0.2) is 24.3 Å². The summed E-state index contributed by atoms with van der Waals surface area (Å²) in [5, 5.41) is 6.71. The zero-order valence-corrected chi connectivity index (χ0v) is 13.1. The SMILES string of the molecule is Nc1nc(CN2CCc3[nH]nc(C(F)(F)F)c3C2)nc2ccccc12. The number of H-pyrrole nitrogens is 1. The Morgan fingerprint density at radius 1 is 1.20 bits per heavy atom. The van der Waals surface area contributed by atoms with Crippen molar-refractivity contribution in [2.24, 2.45) is 0 Å². The second-order valence-corrected chi connectivity index (χ2v) is 6.03. The molecule has 0 amide bonds. The Morgan fingerprint density at radius 3 is 2.80 bits per heavy atom. The Bertz CT molecular complexity index is 933. The molecule has 4 rings (SSSR count). The molecule has 3 heterocycles. The number of nitrogens with one attached hydrogen (secondary N) is 1. The largest absolute Gasteiger partial charge is 0.435 e. The molecule has 0 bridgehead atoms. The zero-order valence-electron chi connectivity index (χ0n) is 13.1. The molecule has 0 unspecified atom stereocenters. The van der Waals surface area contributed by atoms with Gasteiger partial charge < -0.3 is 5.73 Å². The van der Waals surface area contributed by atoms with Gasteiger partial charge >= 0.3 is 6.18 Å². The number of nitrogen functional groups attached to an aromatic ring is 1. The van der Waals surface area contributed by atoms with Crippen LogP contribution in [-0.2, 0) is 25.7 Å². The average molecular weight is 348 g/mol. The molecule has 0 fully saturated rings. The summed E-state index contributed by atoms with van der Waals surface area (Å²) >= 11 is 0. The Hall–Kier alpha value is -2.68. The molecule has 6 nitrogen and oxygen atoms in total. The number of fused-ring (bicyclic) bond motifs is 2. The molecule has 0 radical (unpaired) electrons. The van der Waals surface area contributed by atoms with Crippen LogP contribution in [0.3, 0.4) is 0 Å². The minimum Gasteiger partial charge on any atom is -0.383 e. The average Bonchev–Trinajstić information content (AvgIpc) is 2.98. The van der Waals surface area contributed by atoms with Crippen molar-refractivity contribution in [3.05, 3.63) is 47.0 Å².